The first kappa shape index (κ1) is 12.6. The van der Waals surface area contributed by atoms with Crippen molar-refractivity contribution in [3.05, 3.63) is 21.3 Å². The predicted octanol–water partition coefficient (Wildman–Crippen LogP) is 3.07. The number of halogens is 1. The normalized spacial score (nSPS) is 12.5. The van der Waals surface area contributed by atoms with Gasteiger partial charge in [0.25, 0.3) is 0 Å². The predicted molar refractivity (Wildman–Crippen MR) is 67.3 cm³/mol. The lowest BCUT2D eigenvalue weighted by Gasteiger charge is -2.16. The average molecular weight is 322 g/mol. The fourth-order valence-electron chi connectivity index (χ4n) is 1.25. The molecule has 0 bridgehead atoms. The second-order valence-electron chi connectivity index (χ2n) is 3.22. The smallest absolute Gasteiger partial charge is 0.197 e. The van der Waals surface area contributed by atoms with Crippen LogP contribution < -0.4 is 4.74 Å². The summed E-state index contributed by atoms with van der Waals surface area (Å²) < 4.78 is 11.8. The van der Waals surface area contributed by atoms with E-state index in [9.17, 15) is 5.11 Å². The number of hydrogen-bond acceptors (Lipinski definition) is 3. The van der Waals surface area contributed by atoms with Crippen molar-refractivity contribution >= 4 is 22.6 Å². The SMILES string of the molecule is CCOC(C)Oc1cc(O)cc(C)c1I. The molecule has 1 unspecified atom stereocenters. The number of phenolic OH excluding ortho intramolecular Hbond substituents is 1. The van der Waals surface area contributed by atoms with Crippen LogP contribution in [0.4, 0.5) is 0 Å². The van der Waals surface area contributed by atoms with E-state index in [1.807, 2.05) is 20.8 Å². The van der Waals surface area contributed by atoms with E-state index >= 15 is 0 Å². The Morgan fingerprint density at radius 2 is 2.13 bits per heavy atom. The first-order valence-corrected chi connectivity index (χ1v) is 5.89. The van der Waals surface area contributed by atoms with Gasteiger partial charge in [0.2, 0.25) is 0 Å². The molecule has 3 nitrogen and oxygen atoms in total. The molecule has 0 radical (unpaired) electrons. The average Bonchev–Trinajstić information content (AvgIpc) is 2.13. The fourth-order valence-corrected chi connectivity index (χ4v) is 1.69. The van der Waals surface area contributed by atoms with Gasteiger partial charge in [0.15, 0.2) is 6.29 Å². The zero-order valence-electron chi connectivity index (χ0n) is 9.08. The van der Waals surface area contributed by atoms with E-state index in [4.69, 9.17) is 9.47 Å². The molecule has 1 aromatic rings. The highest BCUT2D eigenvalue weighted by Gasteiger charge is 2.10. The van der Waals surface area contributed by atoms with Crippen molar-refractivity contribution in [1.29, 1.82) is 0 Å². The molecule has 0 spiro atoms. The molecule has 1 atom stereocenters. The number of phenols is 1. The third-order valence-electron chi connectivity index (χ3n) is 1.90. The van der Waals surface area contributed by atoms with E-state index in [1.54, 1.807) is 12.1 Å². The summed E-state index contributed by atoms with van der Waals surface area (Å²) in [5, 5.41) is 9.44. The Kier molecular flexibility index (Phi) is 4.66. The maximum atomic E-state index is 9.44. The monoisotopic (exact) mass is 322 g/mol. The van der Waals surface area contributed by atoms with E-state index in [0.29, 0.717) is 12.4 Å². The van der Waals surface area contributed by atoms with Crippen LogP contribution in [-0.2, 0) is 4.74 Å². The lowest BCUT2D eigenvalue weighted by molar-refractivity contribution is -0.0618. The van der Waals surface area contributed by atoms with Crippen LogP contribution >= 0.6 is 22.6 Å². The molecular formula is C11H15IO3. The second-order valence-corrected chi connectivity index (χ2v) is 4.29. The maximum absolute atomic E-state index is 9.44. The van der Waals surface area contributed by atoms with E-state index in [2.05, 4.69) is 22.6 Å². The number of aromatic hydroxyl groups is 1. The molecule has 4 heteroatoms. The molecule has 0 fully saturated rings. The summed E-state index contributed by atoms with van der Waals surface area (Å²) in [6, 6.07) is 3.31. The Balaban J connectivity index is 2.84. The molecule has 0 aliphatic rings. The van der Waals surface area contributed by atoms with Gasteiger partial charge in [-0.05, 0) is 55.0 Å². The van der Waals surface area contributed by atoms with Crippen LogP contribution in [0.15, 0.2) is 12.1 Å². The second kappa shape index (κ2) is 5.55. The Bertz CT molecular complexity index is 339. The molecule has 0 saturated carbocycles. The summed E-state index contributed by atoms with van der Waals surface area (Å²) in [6.45, 7) is 6.28. The van der Waals surface area contributed by atoms with E-state index in [-0.39, 0.29) is 12.0 Å². The third kappa shape index (κ3) is 3.53. The summed E-state index contributed by atoms with van der Waals surface area (Å²) >= 11 is 2.19. The molecule has 0 amide bonds. The number of hydrogen-bond donors (Lipinski definition) is 1. The zero-order valence-corrected chi connectivity index (χ0v) is 11.2. The van der Waals surface area contributed by atoms with Gasteiger partial charge in [-0.25, -0.2) is 0 Å². The van der Waals surface area contributed by atoms with E-state index < -0.39 is 0 Å². The van der Waals surface area contributed by atoms with Gasteiger partial charge in [-0.3, -0.25) is 0 Å². The zero-order chi connectivity index (χ0) is 11.4. The van der Waals surface area contributed by atoms with Crippen molar-refractivity contribution in [3.63, 3.8) is 0 Å². The van der Waals surface area contributed by atoms with Crippen molar-refractivity contribution in [3.8, 4) is 11.5 Å². The van der Waals surface area contributed by atoms with Crippen LogP contribution in [0, 0.1) is 10.5 Å². The summed E-state index contributed by atoms with van der Waals surface area (Å²) in [7, 11) is 0. The van der Waals surface area contributed by atoms with E-state index in [0.717, 1.165) is 9.13 Å². The highest BCUT2D eigenvalue weighted by molar-refractivity contribution is 14.1. The molecule has 84 valence electrons. The third-order valence-corrected chi connectivity index (χ3v) is 3.28. The minimum atomic E-state index is -0.301. The number of rotatable bonds is 4. The van der Waals surface area contributed by atoms with E-state index in [1.165, 1.54) is 0 Å². The van der Waals surface area contributed by atoms with Crippen LogP contribution in [0.5, 0.6) is 11.5 Å². The van der Waals surface area contributed by atoms with Crippen LogP contribution in [0.1, 0.15) is 19.4 Å². The quantitative estimate of drug-likeness (QED) is 0.684. The Hall–Kier alpha value is -0.490. The molecule has 0 saturated heterocycles. The summed E-state index contributed by atoms with van der Waals surface area (Å²) in [5.41, 5.74) is 0.995. The number of benzene rings is 1. The molecule has 0 aliphatic carbocycles. The highest BCUT2D eigenvalue weighted by Crippen LogP contribution is 2.29. The van der Waals surface area contributed by atoms with Gasteiger partial charge in [0.1, 0.15) is 11.5 Å². The molecule has 1 aromatic carbocycles. The van der Waals surface area contributed by atoms with Crippen molar-refractivity contribution in [2.75, 3.05) is 6.61 Å². The molecule has 0 heterocycles. The summed E-state index contributed by atoms with van der Waals surface area (Å²) in [4.78, 5) is 0. The topological polar surface area (TPSA) is 38.7 Å². The van der Waals surface area contributed by atoms with Gasteiger partial charge in [0, 0.05) is 12.7 Å². The Morgan fingerprint density at radius 3 is 2.73 bits per heavy atom. The van der Waals surface area contributed by atoms with Gasteiger partial charge in [-0.2, -0.15) is 0 Å². The van der Waals surface area contributed by atoms with Gasteiger partial charge in [-0.1, -0.05) is 0 Å². The lowest BCUT2D eigenvalue weighted by Crippen LogP contribution is -2.16. The fraction of sp³-hybridized carbons (Fsp3) is 0.455. The van der Waals surface area contributed by atoms with Gasteiger partial charge in [0.05, 0.1) is 3.57 Å². The number of ether oxygens (including phenoxy) is 2. The van der Waals surface area contributed by atoms with Crippen LogP contribution in [0.25, 0.3) is 0 Å². The van der Waals surface area contributed by atoms with Crippen molar-refractivity contribution in [1.82, 2.24) is 0 Å². The van der Waals surface area contributed by atoms with Crippen LogP contribution in [0.2, 0.25) is 0 Å². The van der Waals surface area contributed by atoms with Crippen molar-refractivity contribution in [2.24, 2.45) is 0 Å². The minimum absolute atomic E-state index is 0.214. The van der Waals surface area contributed by atoms with Gasteiger partial charge < -0.3 is 14.6 Å². The van der Waals surface area contributed by atoms with Crippen molar-refractivity contribution < 1.29 is 14.6 Å². The van der Waals surface area contributed by atoms with Crippen LogP contribution in [0.3, 0.4) is 0 Å². The van der Waals surface area contributed by atoms with Gasteiger partial charge in [-0.15, -0.1) is 0 Å². The van der Waals surface area contributed by atoms with Gasteiger partial charge >= 0.3 is 0 Å². The maximum Gasteiger partial charge on any atom is 0.197 e. The molecule has 0 aromatic heterocycles. The molecule has 15 heavy (non-hydrogen) atoms. The standard InChI is InChI=1S/C11H15IO3/c1-4-14-8(3)15-10-6-9(13)5-7(2)11(10)12/h5-6,8,13H,4H2,1-3H3. The first-order chi connectivity index (χ1) is 7.04. The Labute approximate surface area is 104 Å². The first-order valence-electron chi connectivity index (χ1n) is 4.82. The molecule has 0 aliphatic heterocycles. The van der Waals surface area contributed by atoms with Crippen molar-refractivity contribution in [2.45, 2.75) is 27.1 Å². The van der Waals surface area contributed by atoms with Crippen LogP contribution in [-0.4, -0.2) is 18.0 Å². The lowest BCUT2D eigenvalue weighted by atomic mass is 10.2. The summed E-state index contributed by atoms with van der Waals surface area (Å²) in [5.74, 6) is 0.876. The molecule has 1 N–H and O–H groups in total. The highest BCUT2D eigenvalue weighted by atomic mass is 127. The summed E-state index contributed by atoms with van der Waals surface area (Å²) in [6.07, 6.45) is -0.301. The Morgan fingerprint density at radius 1 is 1.47 bits per heavy atom. The largest absolute Gasteiger partial charge is 0.508 e. The molecular weight excluding hydrogens is 307 g/mol. The minimum Gasteiger partial charge on any atom is -0.508 e. The molecule has 1 rings (SSSR count). The number of aryl methyl sites for hydroxylation is 1.